The van der Waals surface area contributed by atoms with Crippen molar-refractivity contribution in [2.45, 2.75) is 13.1 Å². The fraction of sp³-hybridized carbons (Fsp3) is 0.0952. The summed E-state index contributed by atoms with van der Waals surface area (Å²) in [6.07, 6.45) is -4.53. The Balaban J connectivity index is 1.82. The molecule has 0 spiro atoms. The molecule has 0 saturated carbocycles. The lowest BCUT2D eigenvalue weighted by Gasteiger charge is -2.15. The molecule has 0 saturated heterocycles. The summed E-state index contributed by atoms with van der Waals surface area (Å²) in [4.78, 5) is 11.3. The standard InChI is InChI=1S/C21H16F3NO3/c1-14(26)25-19-12-7-15(21(22,23)24)13-20(19)28-18-10-8-17(9-11-18)27-16-5-3-2-4-6-16/h2-13H,1H3,(H,25,26). The number of para-hydroxylation sites is 1. The summed E-state index contributed by atoms with van der Waals surface area (Å²) >= 11 is 0. The largest absolute Gasteiger partial charge is 0.457 e. The number of hydrogen-bond donors (Lipinski definition) is 1. The van der Waals surface area contributed by atoms with Crippen LogP contribution in [0.2, 0.25) is 0 Å². The number of hydrogen-bond acceptors (Lipinski definition) is 3. The maximum atomic E-state index is 13.0. The number of halogens is 3. The molecule has 144 valence electrons. The van der Waals surface area contributed by atoms with Gasteiger partial charge in [-0.05, 0) is 54.6 Å². The maximum Gasteiger partial charge on any atom is 0.416 e. The molecule has 3 aromatic carbocycles. The summed E-state index contributed by atoms with van der Waals surface area (Å²) in [5.74, 6) is 0.968. The molecule has 0 aromatic heterocycles. The number of nitrogens with one attached hydrogen (secondary N) is 1. The van der Waals surface area contributed by atoms with Gasteiger partial charge in [-0.15, -0.1) is 0 Å². The number of carbonyl (C=O) groups is 1. The van der Waals surface area contributed by atoms with E-state index >= 15 is 0 Å². The van der Waals surface area contributed by atoms with Gasteiger partial charge in [0.05, 0.1) is 11.3 Å². The zero-order valence-corrected chi connectivity index (χ0v) is 14.8. The second-order valence-corrected chi connectivity index (χ2v) is 5.88. The van der Waals surface area contributed by atoms with Crippen LogP contribution in [-0.2, 0) is 11.0 Å². The molecule has 1 amide bonds. The van der Waals surface area contributed by atoms with E-state index in [9.17, 15) is 18.0 Å². The van der Waals surface area contributed by atoms with E-state index in [-0.39, 0.29) is 11.4 Å². The van der Waals surface area contributed by atoms with Crippen LogP contribution in [0.1, 0.15) is 12.5 Å². The van der Waals surface area contributed by atoms with E-state index < -0.39 is 17.6 Å². The van der Waals surface area contributed by atoms with Gasteiger partial charge in [-0.2, -0.15) is 13.2 Å². The van der Waals surface area contributed by atoms with Gasteiger partial charge in [0, 0.05) is 6.92 Å². The molecule has 0 heterocycles. The van der Waals surface area contributed by atoms with E-state index in [0.717, 1.165) is 18.2 Å². The van der Waals surface area contributed by atoms with Gasteiger partial charge in [-0.1, -0.05) is 18.2 Å². The summed E-state index contributed by atoms with van der Waals surface area (Å²) in [5, 5.41) is 2.46. The number of amides is 1. The van der Waals surface area contributed by atoms with Crippen LogP contribution < -0.4 is 14.8 Å². The summed E-state index contributed by atoms with van der Waals surface area (Å²) in [6, 6.07) is 18.4. The first-order valence-electron chi connectivity index (χ1n) is 8.31. The molecule has 3 rings (SSSR count). The molecule has 0 radical (unpaired) electrons. The average Bonchev–Trinajstić information content (AvgIpc) is 2.64. The number of benzene rings is 3. The molecule has 0 bridgehead atoms. The van der Waals surface area contributed by atoms with Gasteiger partial charge in [-0.25, -0.2) is 0 Å². The highest BCUT2D eigenvalue weighted by molar-refractivity contribution is 5.90. The van der Waals surface area contributed by atoms with Crippen molar-refractivity contribution in [2.24, 2.45) is 0 Å². The predicted molar refractivity (Wildman–Crippen MR) is 98.8 cm³/mol. The normalized spacial score (nSPS) is 11.0. The number of anilines is 1. The van der Waals surface area contributed by atoms with Gasteiger partial charge >= 0.3 is 6.18 Å². The van der Waals surface area contributed by atoms with Crippen LogP contribution in [0.15, 0.2) is 72.8 Å². The first-order chi connectivity index (χ1) is 13.3. The lowest BCUT2D eigenvalue weighted by atomic mass is 10.1. The Hall–Kier alpha value is -3.48. The lowest BCUT2D eigenvalue weighted by molar-refractivity contribution is -0.137. The van der Waals surface area contributed by atoms with Crippen LogP contribution >= 0.6 is 0 Å². The Morgan fingerprint density at radius 1 is 0.821 bits per heavy atom. The van der Waals surface area contributed by atoms with Gasteiger partial charge in [0.2, 0.25) is 5.91 Å². The highest BCUT2D eigenvalue weighted by atomic mass is 19.4. The summed E-state index contributed by atoms with van der Waals surface area (Å²) in [5.41, 5.74) is -0.731. The molecule has 0 aliphatic heterocycles. The third-order valence-corrected chi connectivity index (χ3v) is 3.65. The van der Waals surface area contributed by atoms with Crippen molar-refractivity contribution in [3.05, 3.63) is 78.4 Å². The molecule has 0 aliphatic rings. The monoisotopic (exact) mass is 387 g/mol. The third-order valence-electron chi connectivity index (χ3n) is 3.65. The second kappa shape index (κ2) is 8.04. The van der Waals surface area contributed by atoms with Crippen LogP contribution in [0.25, 0.3) is 0 Å². The van der Waals surface area contributed by atoms with Gasteiger partial charge < -0.3 is 14.8 Å². The molecule has 0 aliphatic carbocycles. The molecule has 0 atom stereocenters. The van der Waals surface area contributed by atoms with Crippen LogP contribution in [0.5, 0.6) is 23.0 Å². The van der Waals surface area contributed by atoms with Gasteiger partial charge in [0.15, 0.2) is 5.75 Å². The Bertz CT molecular complexity index is 955. The molecular weight excluding hydrogens is 371 g/mol. The molecule has 0 unspecified atom stereocenters. The fourth-order valence-electron chi connectivity index (χ4n) is 2.40. The zero-order chi connectivity index (χ0) is 20.1. The third kappa shape index (κ3) is 5.03. The molecule has 7 heteroatoms. The number of rotatable bonds is 5. The zero-order valence-electron chi connectivity index (χ0n) is 14.8. The Morgan fingerprint density at radius 3 is 1.96 bits per heavy atom. The summed E-state index contributed by atoms with van der Waals surface area (Å²) < 4.78 is 50.2. The Morgan fingerprint density at radius 2 is 1.39 bits per heavy atom. The van der Waals surface area contributed by atoms with Crippen LogP contribution in [-0.4, -0.2) is 5.91 Å². The van der Waals surface area contributed by atoms with E-state index in [4.69, 9.17) is 9.47 Å². The minimum absolute atomic E-state index is 0.109. The van der Waals surface area contributed by atoms with Crippen molar-refractivity contribution in [3.8, 4) is 23.0 Å². The first kappa shape index (κ1) is 19.3. The molecule has 1 N–H and O–H groups in total. The van der Waals surface area contributed by atoms with Crippen LogP contribution in [0.3, 0.4) is 0 Å². The van der Waals surface area contributed by atoms with E-state index in [1.54, 1.807) is 36.4 Å². The molecule has 0 fully saturated rings. The summed E-state index contributed by atoms with van der Waals surface area (Å²) in [7, 11) is 0. The highest BCUT2D eigenvalue weighted by Crippen LogP contribution is 2.37. The highest BCUT2D eigenvalue weighted by Gasteiger charge is 2.31. The van der Waals surface area contributed by atoms with Crippen molar-refractivity contribution in [1.82, 2.24) is 0 Å². The van der Waals surface area contributed by atoms with Gasteiger partial charge in [0.1, 0.15) is 17.2 Å². The van der Waals surface area contributed by atoms with Crippen LogP contribution in [0, 0.1) is 0 Å². The molecular formula is C21H16F3NO3. The quantitative estimate of drug-likeness (QED) is 0.563. The van der Waals surface area contributed by atoms with E-state index in [0.29, 0.717) is 17.2 Å². The smallest absolute Gasteiger partial charge is 0.416 e. The Labute approximate surface area is 159 Å². The minimum Gasteiger partial charge on any atom is -0.457 e. The van der Waals surface area contributed by atoms with Crippen molar-refractivity contribution in [3.63, 3.8) is 0 Å². The van der Waals surface area contributed by atoms with E-state index in [1.807, 2.05) is 18.2 Å². The Kier molecular flexibility index (Phi) is 5.54. The predicted octanol–water partition coefficient (Wildman–Crippen LogP) is 6.25. The second-order valence-electron chi connectivity index (χ2n) is 5.88. The molecule has 3 aromatic rings. The number of alkyl halides is 3. The molecule has 4 nitrogen and oxygen atoms in total. The van der Waals surface area contributed by atoms with Crippen LogP contribution in [0.4, 0.5) is 18.9 Å². The van der Waals surface area contributed by atoms with Gasteiger partial charge in [-0.3, -0.25) is 4.79 Å². The van der Waals surface area contributed by atoms with Crippen molar-refractivity contribution in [2.75, 3.05) is 5.32 Å². The van der Waals surface area contributed by atoms with Crippen molar-refractivity contribution in [1.29, 1.82) is 0 Å². The van der Waals surface area contributed by atoms with E-state index in [1.165, 1.54) is 6.92 Å². The minimum atomic E-state index is -4.53. The first-order valence-corrected chi connectivity index (χ1v) is 8.31. The average molecular weight is 387 g/mol. The SMILES string of the molecule is CC(=O)Nc1ccc(C(F)(F)F)cc1Oc1ccc(Oc2ccccc2)cc1. The molecule has 28 heavy (non-hydrogen) atoms. The fourth-order valence-corrected chi connectivity index (χ4v) is 2.40. The van der Waals surface area contributed by atoms with Crippen molar-refractivity contribution >= 4 is 11.6 Å². The number of ether oxygens (including phenoxy) is 2. The van der Waals surface area contributed by atoms with E-state index in [2.05, 4.69) is 5.32 Å². The van der Waals surface area contributed by atoms with Gasteiger partial charge in [0.25, 0.3) is 0 Å². The van der Waals surface area contributed by atoms with Crippen molar-refractivity contribution < 1.29 is 27.4 Å². The summed E-state index contributed by atoms with van der Waals surface area (Å²) in [6.45, 7) is 1.26. The maximum absolute atomic E-state index is 13.0. The number of carbonyl (C=O) groups excluding carboxylic acids is 1. The topological polar surface area (TPSA) is 47.6 Å². The lowest BCUT2D eigenvalue weighted by Crippen LogP contribution is -2.09.